The molecule has 0 N–H and O–H groups in total. The molecule has 0 saturated heterocycles. The summed E-state index contributed by atoms with van der Waals surface area (Å²) in [5.41, 5.74) is 12.5. The van der Waals surface area contributed by atoms with Crippen LogP contribution in [0.3, 0.4) is 0 Å². The lowest BCUT2D eigenvalue weighted by atomic mass is 9.94. The molecule has 0 aliphatic carbocycles. The van der Waals surface area contributed by atoms with Crippen LogP contribution in [0.2, 0.25) is 0 Å². The number of para-hydroxylation sites is 2. The van der Waals surface area contributed by atoms with E-state index in [0.717, 1.165) is 77.2 Å². The first-order valence-electron chi connectivity index (χ1n) is 18.7. The van der Waals surface area contributed by atoms with E-state index in [1.54, 1.807) is 0 Å². The quantitative estimate of drug-likeness (QED) is 0.175. The molecular weight excluding hydrogens is 709 g/mol. The van der Waals surface area contributed by atoms with Gasteiger partial charge in [-0.1, -0.05) is 97.1 Å². The highest BCUT2D eigenvalue weighted by Crippen LogP contribution is 2.40. The minimum absolute atomic E-state index is 0.444. The monoisotopic (exact) mass is 736 g/mol. The molecule has 0 unspecified atom stereocenters. The van der Waals surface area contributed by atoms with Crippen LogP contribution in [0, 0.1) is 45.3 Å². The van der Waals surface area contributed by atoms with Crippen LogP contribution in [-0.2, 0) is 0 Å². The maximum absolute atomic E-state index is 10.5. The van der Waals surface area contributed by atoms with Gasteiger partial charge < -0.3 is 9.13 Å². The maximum atomic E-state index is 10.5. The van der Waals surface area contributed by atoms with Gasteiger partial charge in [0.25, 0.3) is 0 Å². The van der Waals surface area contributed by atoms with E-state index in [-0.39, 0.29) is 0 Å². The summed E-state index contributed by atoms with van der Waals surface area (Å²) in [4.78, 5) is 0. The average Bonchev–Trinajstić information content (AvgIpc) is 3.80. The fourth-order valence-corrected chi connectivity index (χ4v) is 8.48. The van der Waals surface area contributed by atoms with E-state index in [2.05, 4.69) is 94.1 Å². The molecule has 2 heterocycles. The molecule has 0 amide bonds. The second-order valence-electron chi connectivity index (χ2n) is 14.2. The predicted octanol–water partition coefficient (Wildman–Crippen LogP) is 12.4. The summed E-state index contributed by atoms with van der Waals surface area (Å²) in [7, 11) is 0. The molecule has 2 aromatic heterocycles. The normalized spacial score (nSPS) is 11.0. The SMILES string of the molecule is N#Cc1ccccc1-c1ccc2c3ccccc3n(-c3ccc(C#N)c(-c4cc(-n5c6ccccc6c6ccc(-c7ccccc7C#N)cc65)ccc4C#N)c3)c2c1. The van der Waals surface area contributed by atoms with Gasteiger partial charge in [-0.25, -0.2) is 0 Å². The minimum atomic E-state index is 0.444. The number of hydrogen-bond acceptors (Lipinski definition) is 4. The Labute approximate surface area is 333 Å². The Morgan fingerprint density at radius 3 is 1.09 bits per heavy atom. The summed E-state index contributed by atoms with van der Waals surface area (Å²) >= 11 is 0. The molecule has 0 aliphatic rings. The molecular formula is C52H28N6. The lowest BCUT2D eigenvalue weighted by Gasteiger charge is -2.15. The highest BCUT2D eigenvalue weighted by Gasteiger charge is 2.20. The van der Waals surface area contributed by atoms with Crippen molar-refractivity contribution in [2.45, 2.75) is 0 Å². The van der Waals surface area contributed by atoms with Gasteiger partial charge in [0.2, 0.25) is 0 Å². The van der Waals surface area contributed by atoms with Crippen molar-refractivity contribution in [3.8, 4) is 69.0 Å². The Balaban J connectivity index is 1.20. The molecule has 10 aromatic rings. The Morgan fingerprint density at radius 2 is 0.655 bits per heavy atom. The Kier molecular flexibility index (Phi) is 7.92. The van der Waals surface area contributed by atoms with Crippen molar-refractivity contribution < 1.29 is 0 Å². The largest absolute Gasteiger partial charge is 0.309 e. The van der Waals surface area contributed by atoms with Crippen molar-refractivity contribution in [2.75, 3.05) is 0 Å². The topological polar surface area (TPSA) is 105 Å². The Morgan fingerprint density at radius 1 is 0.293 bits per heavy atom. The molecule has 6 nitrogen and oxygen atoms in total. The van der Waals surface area contributed by atoms with Gasteiger partial charge in [-0.15, -0.1) is 0 Å². The molecule has 0 bridgehead atoms. The van der Waals surface area contributed by atoms with Gasteiger partial charge in [0, 0.05) is 44.0 Å². The number of rotatable bonds is 5. The van der Waals surface area contributed by atoms with E-state index in [1.807, 2.05) is 109 Å². The number of benzene rings is 8. The first-order valence-corrected chi connectivity index (χ1v) is 18.7. The summed E-state index contributed by atoms with van der Waals surface area (Å²) in [5, 5.41) is 45.2. The Hall–Kier alpha value is -8.68. The van der Waals surface area contributed by atoms with E-state index in [0.29, 0.717) is 33.4 Å². The third-order valence-corrected chi connectivity index (χ3v) is 11.1. The molecule has 0 fully saturated rings. The molecule has 0 atom stereocenters. The number of aromatic nitrogens is 2. The van der Waals surface area contributed by atoms with E-state index < -0.39 is 0 Å². The van der Waals surface area contributed by atoms with E-state index in [9.17, 15) is 21.0 Å². The van der Waals surface area contributed by atoms with Gasteiger partial charge >= 0.3 is 0 Å². The lowest BCUT2D eigenvalue weighted by Crippen LogP contribution is -1.99. The van der Waals surface area contributed by atoms with Crippen LogP contribution in [-0.4, -0.2) is 9.13 Å². The predicted molar refractivity (Wildman–Crippen MR) is 230 cm³/mol. The molecule has 6 heteroatoms. The zero-order valence-corrected chi connectivity index (χ0v) is 30.8. The average molecular weight is 737 g/mol. The van der Waals surface area contributed by atoms with Crippen molar-refractivity contribution in [1.82, 2.24) is 9.13 Å². The van der Waals surface area contributed by atoms with Crippen LogP contribution >= 0.6 is 0 Å². The van der Waals surface area contributed by atoms with Crippen LogP contribution in [0.15, 0.2) is 170 Å². The van der Waals surface area contributed by atoms with Gasteiger partial charge in [-0.05, 0) is 95.1 Å². The van der Waals surface area contributed by atoms with Gasteiger partial charge in [0.15, 0.2) is 0 Å². The first kappa shape index (κ1) is 33.9. The zero-order valence-electron chi connectivity index (χ0n) is 30.8. The van der Waals surface area contributed by atoms with Gasteiger partial charge in [0.1, 0.15) is 0 Å². The summed E-state index contributed by atoms with van der Waals surface area (Å²) < 4.78 is 4.38. The molecule has 0 saturated carbocycles. The summed E-state index contributed by atoms with van der Waals surface area (Å²) in [6.45, 7) is 0. The van der Waals surface area contributed by atoms with Crippen molar-refractivity contribution in [2.24, 2.45) is 0 Å². The van der Waals surface area contributed by atoms with Crippen LogP contribution in [0.5, 0.6) is 0 Å². The van der Waals surface area contributed by atoms with Gasteiger partial charge in [-0.2, -0.15) is 21.0 Å². The number of hydrogen-bond donors (Lipinski definition) is 0. The lowest BCUT2D eigenvalue weighted by molar-refractivity contribution is 1.17. The molecule has 0 aliphatic heterocycles. The second-order valence-corrected chi connectivity index (χ2v) is 14.2. The molecule has 58 heavy (non-hydrogen) atoms. The third kappa shape index (κ3) is 5.23. The number of nitrogens with zero attached hydrogens (tertiary/aromatic N) is 6. The fourth-order valence-electron chi connectivity index (χ4n) is 8.48. The molecule has 0 radical (unpaired) electrons. The fraction of sp³-hybridized carbons (Fsp3) is 0. The van der Waals surface area contributed by atoms with Crippen molar-refractivity contribution in [3.05, 3.63) is 192 Å². The Bertz CT molecular complexity index is 3280. The number of nitriles is 4. The minimum Gasteiger partial charge on any atom is -0.309 e. The number of fused-ring (bicyclic) bond motifs is 6. The van der Waals surface area contributed by atoms with E-state index in [4.69, 9.17) is 0 Å². The molecule has 0 spiro atoms. The van der Waals surface area contributed by atoms with Crippen molar-refractivity contribution in [3.63, 3.8) is 0 Å². The van der Waals surface area contributed by atoms with Crippen LogP contribution in [0.1, 0.15) is 22.3 Å². The molecule has 266 valence electrons. The first-order chi connectivity index (χ1) is 28.6. The highest BCUT2D eigenvalue weighted by atomic mass is 15.0. The van der Waals surface area contributed by atoms with Crippen LogP contribution < -0.4 is 0 Å². The molecule has 10 rings (SSSR count). The highest BCUT2D eigenvalue weighted by molar-refractivity contribution is 6.11. The van der Waals surface area contributed by atoms with Crippen LogP contribution in [0.25, 0.3) is 88.4 Å². The summed E-state index contributed by atoms with van der Waals surface area (Å²) in [6, 6.07) is 65.3. The van der Waals surface area contributed by atoms with Gasteiger partial charge in [0.05, 0.1) is 68.6 Å². The van der Waals surface area contributed by atoms with Gasteiger partial charge in [-0.3, -0.25) is 0 Å². The van der Waals surface area contributed by atoms with Crippen molar-refractivity contribution in [1.29, 1.82) is 21.0 Å². The summed E-state index contributed by atoms with van der Waals surface area (Å²) in [5.74, 6) is 0. The van der Waals surface area contributed by atoms with E-state index in [1.165, 1.54) is 0 Å². The third-order valence-electron chi connectivity index (χ3n) is 11.1. The summed E-state index contributed by atoms with van der Waals surface area (Å²) in [6.07, 6.45) is 0. The smallest absolute Gasteiger partial charge is 0.0998 e. The van der Waals surface area contributed by atoms with Crippen LogP contribution in [0.4, 0.5) is 0 Å². The second kappa shape index (κ2) is 13.6. The maximum Gasteiger partial charge on any atom is 0.0998 e. The van der Waals surface area contributed by atoms with E-state index >= 15 is 0 Å². The van der Waals surface area contributed by atoms with Crippen molar-refractivity contribution >= 4 is 43.6 Å². The zero-order chi connectivity index (χ0) is 39.3. The molecule has 8 aromatic carbocycles. The standard InChI is InChI=1S/C52H28N6/c53-29-35-9-1-3-11-41(35)33-19-23-45-43-13-5-7-15-49(43)57(51(45)25-33)39-21-17-37(31-55)47(27-39)48-28-40(22-18-38(48)32-56)58-50-16-8-6-14-44(50)46-24-20-34(26-52(46)58)42-12-4-2-10-36(42)30-54/h1-28H.